The molecule has 1 aromatic carbocycles. The number of carbonyl (C=O) groups excluding carboxylic acids is 1. The fourth-order valence-electron chi connectivity index (χ4n) is 3.03. The SMILES string of the molecule is O=C(NCCCCN1CCN(c2ccccc2)CC1)C1CC1. The van der Waals surface area contributed by atoms with Crippen molar-refractivity contribution in [3.8, 4) is 0 Å². The van der Waals surface area contributed by atoms with Crippen molar-refractivity contribution in [2.45, 2.75) is 25.7 Å². The zero-order valence-electron chi connectivity index (χ0n) is 13.3. The molecule has 0 atom stereocenters. The van der Waals surface area contributed by atoms with Gasteiger partial charge < -0.3 is 10.2 Å². The number of nitrogens with one attached hydrogen (secondary N) is 1. The summed E-state index contributed by atoms with van der Waals surface area (Å²) in [6.45, 7) is 6.51. The molecule has 22 heavy (non-hydrogen) atoms. The lowest BCUT2D eigenvalue weighted by molar-refractivity contribution is -0.122. The van der Waals surface area contributed by atoms with E-state index in [0.717, 1.165) is 58.5 Å². The summed E-state index contributed by atoms with van der Waals surface area (Å²) in [5, 5.41) is 3.05. The van der Waals surface area contributed by atoms with Crippen LogP contribution in [-0.4, -0.2) is 50.1 Å². The highest BCUT2D eigenvalue weighted by atomic mass is 16.2. The predicted octanol–water partition coefficient (Wildman–Crippen LogP) is 2.11. The van der Waals surface area contributed by atoms with E-state index in [1.165, 1.54) is 12.1 Å². The summed E-state index contributed by atoms with van der Waals surface area (Å²) in [5.74, 6) is 0.613. The monoisotopic (exact) mass is 301 g/mol. The summed E-state index contributed by atoms with van der Waals surface area (Å²) < 4.78 is 0. The Kier molecular flexibility index (Phi) is 5.33. The van der Waals surface area contributed by atoms with Crippen LogP contribution in [0.1, 0.15) is 25.7 Å². The second-order valence-corrected chi connectivity index (χ2v) is 6.44. The molecule has 1 amide bonds. The highest BCUT2D eigenvalue weighted by Gasteiger charge is 2.28. The third-order valence-electron chi connectivity index (χ3n) is 4.64. The Morgan fingerprint density at radius 1 is 1.05 bits per heavy atom. The van der Waals surface area contributed by atoms with Gasteiger partial charge in [-0.25, -0.2) is 0 Å². The normalized spacial score (nSPS) is 19.2. The molecule has 0 bridgehead atoms. The largest absolute Gasteiger partial charge is 0.369 e. The summed E-state index contributed by atoms with van der Waals surface area (Å²) >= 11 is 0. The van der Waals surface area contributed by atoms with Crippen LogP contribution in [0.4, 0.5) is 5.69 Å². The zero-order valence-corrected chi connectivity index (χ0v) is 13.3. The standard InChI is InChI=1S/C18H27N3O/c22-18(16-8-9-16)19-10-4-5-11-20-12-14-21(15-13-20)17-6-2-1-3-7-17/h1-3,6-7,16H,4-5,8-15H2,(H,19,22). The number of benzene rings is 1. The Hall–Kier alpha value is -1.55. The number of rotatable bonds is 7. The van der Waals surface area contributed by atoms with Crippen LogP contribution in [0.15, 0.2) is 30.3 Å². The first-order chi connectivity index (χ1) is 10.8. The molecular formula is C18H27N3O. The molecule has 3 rings (SSSR count). The molecule has 1 aromatic rings. The molecule has 2 aliphatic rings. The van der Waals surface area contributed by atoms with Crippen molar-refractivity contribution in [3.63, 3.8) is 0 Å². The summed E-state index contributed by atoms with van der Waals surface area (Å²) in [6.07, 6.45) is 4.46. The highest BCUT2D eigenvalue weighted by Crippen LogP contribution is 2.28. The second-order valence-electron chi connectivity index (χ2n) is 6.44. The lowest BCUT2D eigenvalue weighted by Crippen LogP contribution is -2.46. The van der Waals surface area contributed by atoms with Crippen molar-refractivity contribution >= 4 is 11.6 Å². The number of piperazine rings is 1. The van der Waals surface area contributed by atoms with Crippen LogP contribution >= 0.6 is 0 Å². The molecule has 0 spiro atoms. The number of nitrogens with zero attached hydrogens (tertiary/aromatic N) is 2. The fourth-order valence-corrected chi connectivity index (χ4v) is 3.03. The van der Waals surface area contributed by atoms with Crippen molar-refractivity contribution in [1.82, 2.24) is 10.2 Å². The molecule has 4 heteroatoms. The number of carbonyl (C=O) groups is 1. The van der Waals surface area contributed by atoms with E-state index in [1.54, 1.807) is 0 Å². The van der Waals surface area contributed by atoms with E-state index >= 15 is 0 Å². The maximum absolute atomic E-state index is 11.5. The van der Waals surface area contributed by atoms with Crippen molar-refractivity contribution in [2.24, 2.45) is 5.92 Å². The first-order valence-corrected chi connectivity index (χ1v) is 8.63. The maximum atomic E-state index is 11.5. The van der Waals surface area contributed by atoms with E-state index < -0.39 is 0 Å². The van der Waals surface area contributed by atoms with Gasteiger partial charge in [-0.1, -0.05) is 18.2 Å². The molecular weight excluding hydrogens is 274 g/mol. The molecule has 1 heterocycles. The summed E-state index contributed by atoms with van der Waals surface area (Å²) in [6, 6.07) is 10.7. The molecule has 1 aliphatic heterocycles. The van der Waals surface area contributed by atoms with Gasteiger partial charge in [0.2, 0.25) is 5.91 Å². The van der Waals surface area contributed by atoms with Gasteiger partial charge >= 0.3 is 0 Å². The van der Waals surface area contributed by atoms with Crippen LogP contribution in [0.5, 0.6) is 0 Å². The van der Waals surface area contributed by atoms with Gasteiger partial charge in [0.25, 0.3) is 0 Å². The fraction of sp³-hybridized carbons (Fsp3) is 0.611. The minimum Gasteiger partial charge on any atom is -0.369 e. The van der Waals surface area contributed by atoms with Crippen molar-refractivity contribution < 1.29 is 4.79 Å². The van der Waals surface area contributed by atoms with Crippen molar-refractivity contribution in [1.29, 1.82) is 0 Å². The van der Waals surface area contributed by atoms with Gasteiger partial charge in [-0.2, -0.15) is 0 Å². The van der Waals surface area contributed by atoms with Crippen molar-refractivity contribution in [2.75, 3.05) is 44.2 Å². The Balaban J connectivity index is 1.27. The summed E-state index contributed by atoms with van der Waals surface area (Å²) in [7, 11) is 0. The molecule has 0 unspecified atom stereocenters. The minimum atomic E-state index is 0.275. The molecule has 4 nitrogen and oxygen atoms in total. The Labute approximate surface area is 133 Å². The Morgan fingerprint density at radius 2 is 1.77 bits per heavy atom. The smallest absolute Gasteiger partial charge is 0.223 e. The second kappa shape index (κ2) is 7.63. The van der Waals surface area contributed by atoms with E-state index in [1.807, 2.05) is 0 Å². The lowest BCUT2D eigenvalue weighted by atomic mass is 10.2. The lowest BCUT2D eigenvalue weighted by Gasteiger charge is -2.36. The average molecular weight is 301 g/mol. The molecule has 1 saturated carbocycles. The zero-order chi connectivity index (χ0) is 15.2. The molecule has 2 fully saturated rings. The average Bonchev–Trinajstić information content (AvgIpc) is 3.41. The topological polar surface area (TPSA) is 35.6 Å². The number of para-hydroxylation sites is 1. The van der Waals surface area contributed by atoms with Gasteiger partial charge in [0.15, 0.2) is 0 Å². The number of unbranched alkanes of at least 4 members (excludes halogenated alkanes) is 1. The van der Waals surface area contributed by atoms with E-state index in [4.69, 9.17) is 0 Å². The predicted molar refractivity (Wildman–Crippen MR) is 90.1 cm³/mol. The van der Waals surface area contributed by atoms with Crippen LogP contribution in [0.3, 0.4) is 0 Å². The third kappa shape index (κ3) is 4.47. The molecule has 1 N–H and O–H groups in total. The molecule has 1 saturated heterocycles. The highest BCUT2D eigenvalue weighted by molar-refractivity contribution is 5.80. The minimum absolute atomic E-state index is 0.275. The van der Waals surface area contributed by atoms with E-state index in [9.17, 15) is 4.79 Å². The Morgan fingerprint density at radius 3 is 2.45 bits per heavy atom. The summed E-state index contributed by atoms with van der Waals surface area (Å²) in [5.41, 5.74) is 1.34. The number of amides is 1. The van der Waals surface area contributed by atoms with Gasteiger partial charge in [-0.3, -0.25) is 9.69 Å². The number of hydrogen-bond acceptors (Lipinski definition) is 3. The van der Waals surface area contributed by atoms with Crippen LogP contribution in [0, 0.1) is 5.92 Å². The van der Waals surface area contributed by atoms with Gasteiger partial charge in [0, 0.05) is 44.3 Å². The number of hydrogen-bond donors (Lipinski definition) is 1. The first-order valence-electron chi connectivity index (χ1n) is 8.63. The van der Waals surface area contributed by atoms with Crippen LogP contribution < -0.4 is 10.2 Å². The van der Waals surface area contributed by atoms with E-state index in [0.29, 0.717) is 5.92 Å². The van der Waals surface area contributed by atoms with Gasteiger partial charge in [-0.05, 0) is 44.4 Å². The van der Waals surface area contributed by atoms with Crippen molar-refractivity contribution in [3.05, 3.63) is 30.3 Å². The molecule has 0 radical (unpaired) electrons. The summed E-state index contributed by atoms with van der Waals surface area (Å²) in [4.78, 5) is 16.5. The molecule has 1 aliphatic carbocycles. The maximum Gasteiger partial charge on any atom is 0.223 e. The van der Waals surface area contributed by atoms with E-state index in [2.05, 4.69) is 45.4 Å². The van der Waals surface area contributed by atoms with Crippen LogP contribution in [-0.2, 0) is 4.79 Å². The molecule has 120 valence electrons. The quantitative estimate of drug-likeness (QED) is 0.784. The number of anilines is 1. The first kappa shape index (κ1) is 15.3. The van der Waals surface area contributed by atoms with Gasteiger partial charge in [0.05, 0.1) is 0 Å². The Bertz CT molecular complexity index is 464. The van der Waals surface area contributed by atoms with Crippen LogP contribution in [0.2, 0.25) is 0 Å². The van der Waals surface area contributed by atoms with E-state index in [-0.39, 0.29) is 5.91 Å². The van der Waals surface area contributed by atoms with Gasteiger partial charge in [-0.15, -0.1) is 0 Å². The van der Waals surface area contributed by atoms with Crippen LogP contribution in [0.25, 0.3) is 0 Å². The molecule has 0 aromatic heterocycles. The van der Waals surface area contributed by atoms with Gasteiger partial charge in [0.1, 0.15) is 0 Å². The third-order valence-corrected chi connectivity index (χ3v) is 4.64.